The van der Waals surface area contributed by atoms with Crippen molar-refractivity contribution in [3.8, 4) is 11.3 Å². The number of aromatic carboxylic acids is 1. The zero-order valence-corrected chi connectivity index (χ0v) is 31.4. The summed E-state index contributed by atoms with van der Waals surface area (Å²) in [5, 5.41) is 25.9. The molecule has 4 aliphatic carbocycles. The highest BCUT2D eigenvalue weighted by atomic mass is 32.1. The Bertz CT molecular complexity index is 2150. The number of anilines is 3. The van der Waals surface area contributed by atoms with Crippen molar-refractivity contribution in [2.24, 2.45) is 22.1 Å². The maximum atomic E-state index is 13.6. The van der Waals surface area contributed by atoms with Crippen molar-refractivity contribution in [2.75, 3.05) is 41.8 Å². The second-order valence-electron chi connectivity index (χ2n) is 16.6. The topological polar surface area (TPSA) is 170 Å². The van der Waals surface area contributed by atoms with Gasteiger partial charge < -0.3 is 20.7 Å². The summed E-state index contributed by atoms with van der Waals surface area (Å²) in [6, 6.07) is 16.7. The number of carbonyl (C=O) groups is 2. The fraction of sp³-hybridized carbons (Fsp3) is 0.425. The Hall–Kier alpha value is -4.85. The third kappa shape index (κ3) is 6.24. The predicted octanol–water partition coefficient (Wildman–Crippen LogP) is 7.52. The highest BCUT2D eigenvalue weighted by molar-refractivity contribution is 7.22. The van der Waals surface area contributed by atoms with E-state index in [4.69, 9.17) is 16.1 Å². The summed E-state index contributed by atoms with van der Waals surface area (Å²) in [4.78, 5) is 45.1. The van der Waals surface area contributed by atoms with Crippen LogP contribution in [0.3, 0.4) is 0 Å². The molecule has 4 fully saturated rings. The summed E-state index contributed by atoms with van der Waals surface area (Å²) in [6.07, 6.45) is 7.37. The van der Waals surface area contributed by atoms with Gasteiger partial charge in [-0.25, -0.2) is 25.5 Å². The molecule has 1 aliphatic heterocycles. The van der Waals surface area contributed by atoms with E-state index in [1.54, 1.807) is 17.0 Å². The summed E-state index contributed by atoms with van der Waals surface area (Å²) in [6.45, 7) is 8.40. The molecule has 53 heavy (non-hydrogen) atoms. The minimum Gasteiger partial charge on any atom is -0.476 e. The summed E-state index contributed by atoms with van der Waals surface area (Å²) in [7, 11) is 1.98. The van der Waals surface area contributed by atoms with Gasteiger partial charge in [0.15, 0.2) is 10.8 Å². The number of pyridine rings is 1. The van der Waals surface area contributed by atoms with Crippen LogP contribution in [0.15, 0.2) is 60.3 Å². The number of carboxylic acid groups (broad SMARTS) is 1. The van der Waals surface area contributed by atoms with Crippen molar-refractivity contribution in [2.45, 2.75) is 64.9 Å². The monoisotopic (exact) mass is 734 g/mol. The zero-order valence-electron chi connectivity index (χ0n) is 30.6. The molecule has 6 N–H and O–H groups in total. The number of hydrogen-bond acceptors (Lipinski definition) is 10. The molecule has 2 aromatic heterocycles. The molecule has 0 radical (unpaired) electrons. The number of rotatable bonds is 9. The smallest absolute Gasteiger partial charge is 0.355 e. The summed E-state index contributed by atoms with van der Waals surface area (Å²) >= 11 is 1.42. The number of allylic oxidation sites excluding steroid dienone is 2. The highest BCUT2D eigenvalue weighted by Crippen LogP contribution is 2.71. The quantitative estimate of drug-likeness (QED) is 0.0862. The highest BCUT2D eigenvalue weighted by Gasteiger charge is 2.66. The number of nitrogens with zero attached hydrogens (tertiary/aromatic N) is 4. The number of fused-ring (bicyclic) bond motifs is 2. The molecule has 4 bridgehead atoms. The Balaban J connectivity index is 1.07. The number of urea groups is 1. The second kappa shape index (κ2) is 12.6. The average Bonchev–Trinajstić information content (AvgIpc) is 3.52. The molecule has 12 nitrogen and oxygen atoms in total. The number of nitrogens with two attached hydrogens (primary N) is 1. The number of aromatic nitrogens is 2. The van der Waals surface area contributed by atoms with Gasteiger partial charge in [-0.1, -0.05) is 43.4 Å². The molecule has 4 saturated carbocycles. The summed E-state index contributed by atoms with van der Waals surface area (Å²) in [5.41, 5.74) is 4.90. The number of para-hydroxylation sites is 1. The molecular weight excluding hydrogens is 689 g/mol. The van der Waals surface area contributed by atoms with Crippen LogP contribution >= 0.6 is 11.3 Å². The van der Waals surface area contributed by atoms with E-state index in [1.165, 1.54) is 24.0 Å². The number of carbonyl (C=O) groups excluding carboxylic acids is 1. The molecule has 0 spiro atoms. The molecule has 2 amide bonds. The van der Waals surface area contributed by atoms with Gasteiger partial charge in [0.2, 0.25) is 0 Å². The third-order valence-corrected chi connectivity index (χ3v) is 12.9. The predicted molar refractivity (Wildman–Crippen MR) is 210 cm³/mol. The van der Waals surface area contributed by atoms with Gasteiger partial charge in [-0.05, 0) is 98.1 Å². The minimum atomic E-state index is -1.19. The van der Waals surface area contributed by atoms with Crippen molar-refractivity contribution >= 4 is 61.8 Å². The van der Waals surface area contributed by atoms with Gasteiger partial charge in [0, 0.05) is 55.3 Å². The lowest BCUT2D eigenvalue weighted by Gasteiger charge is -2.68. The first kappa shape index (κ1) is 35.2. The lowest BCUT2D eigenvalue weighted by Crippen LogP contribution is -2.65. The number of carboxylic acids is 1. The fourth-order valence-corrected chi connectivity index (χ4v) is 11.8. The second-order valence-corrected chi connectivity index (χ2v) is 17.6. The molecule has 3 heterocycles. The molecule has 4 aromatic rings. The van der Waals surface area contributed by atoms with Crippen LogP contribution in [0.2, 0.25) is 0 Å². The van der Waals surface area contributed by atoms with Crippen LogP contribution in [0, 0.1) is 21.7 Å². The van der Waals surface area contributed by atoms with E-state index in [0.29, 0.717) is 52.8 Å². The van der Waals surface area contributed by atoms with Crippen molar-refractivity contribution in [1.29, 1.82) is 5.41 Å². The van der Waals surface area contributed by atoms with Gasteiger partial charge in [0.05, 0.1) is 32.9 Å². The summed E-state index contributed by atoms with van der Waals surface area (Å²) < 4.78 is 0.988. The minimum absolute atomic E-state index is 0.0105. The van der Waals surface area contributed by atoms with Gasteiger partial charge in [-0.15, -0.1) is 0 Å². The molecule has 9 rings (SSSR count). The van der Waals surface area contributed by atoms with E-state index in [9.17, 15) is 14.7 Å². The van der Waals surface area contributed by atoms with Crippen LogP contribution < -0.4 is 26.3 Å². The molecule has 0 saturated heterocycles. The van der Waals surface area contributed by atoms with Crippen LogP contribution in [0.5, 0.6) is 0 Å². The molecule has 2 aromatic carbocycles. The van der Waals surface area contributed by atoms with E-state index >= 15 is 0 Å². The number of nitrogens with one attached hydrogen (secondary N) is 3. The van der Waals surface area contributed by atoms with E-state index in [-0.39, 0.29) is 33.6 Å². The Kier molecular flexibility index (Phi) is 8.39. The molecule has 276 valence electrons. The van der Waals surface area contributed by atoms with Crippen LogP contribution in [-0.4, -0.2) is 65.6 Å². The van der Waals surface area contributed by atoms with Gasteiger partial charge in [-0.3, -0.25) is 15.1 Å². The van der Waals surface area contributed by atoms with Gasteiger partial charge in [0.1, 0.15) is 0 Å². The van der Waals surface area contributed by atoms with Gasteiger partial charge in [-0.2, -0.15) is 0 Å². The Labute approximate surface area is 312 Å². The number of thiazole rings is 1. The van der Waals surface area contributed by atoms with Crippen molar-refractivity contribution < 1.29 is 19.5 Å². The van der Waals surface area contributed by atoms with E-state index in [1.807, 2.05) is 56.4 Å². The van der Waals surface area contributed by atoms with Crippen LogP contribution in [0.1, 0.15) is 75.3 Å². The van der Waals surface area contributed by atoms with Crippen molar-refractivity contribution in [3.63, 3.8) is 0 Å². The Morgan fingerprint density at radius 2 is 1.75 bits per heavy atom. The molecular formula is C40H46N8O4S. The number of benzene rings is 2. The number of likely N-dealkylation sites (N-methyl/N-ethyl adjacent to an activating group) is 1. The maximum Gasteiger partial charge on any atom is 0.355 e. The van der Waals surface area contributed by atoms with E-state index in [0.717, 1.165) is 53.7 Å². The summed E-state index contributed by atoms with van der Waals surface area (Å²) in [5.74, 6) is 4.77. The largest absolute Gasteiger partial charge is 0.476 e. The molecule has 2 atom stereocenters. The van der Waals surface area contributed by atoms with Crippen LogP contribution in [-0.2, 0) is 4.84 Å². The van der Waals surface area contributed by atoms with Crippen LogP contribution in [0.4, 0.5) is 21.3 Å². The van der Waals surface area contributed by atoms with Gasteiger partial charge >= 0.3 is 12.0 Å². The first-order valence-corrected chi connectivity index (χ1v) is 18.9. The number of hydrogen-bond donors (Lipinski definition) is 5. The van der Waals surface area contributed by atoms with Crippen molar-refractivity contribution in [1.82, 2.24) is 15.3 Å². The first-order valence-electron chi connectivity index (χ1n) is 18.1. The normalized spacial score (nSPS) is 27.7. The lowest BCUT2D eigenvalue weighted by atomic mass is 9.39. The Morgan fingerprint density at radius 1 is 1.00 bits per heavy atom. The lowest BCUT2D eigenvalue weighted by molar-refractivity contribution is -0.245. The molecule has 5 aliphatic rings. The molecule has 2 unspecified atom stereocenters. The zero-order chi connectivity index (χ0) is 37.3. The SMILES string of the molecule is C/C(NCC12CC3(C)CC(C)(C1)CC(ON)(C3)C2)=C(/C=N)c1ccc(-c2ccc3c(c2)N(C(=O)Nc2nc4ccccc4s2)CCN3C)nc1C(=O)O. The standard InChI is InChI=1S/C40H46N8O4S/c1-24(43-23-39-18-37(2)17-38(3,19-39)21-40(20-37,22-39)52-42)27(16-41)26-10-11-28(44-33(26)34(49)50)25-9-12-30-31(15-25)48(14-13-47(30)4)36(51)46-35-45-29-7-5-6-8-32(29)53-35/h5-12,15-16,41,43H,13-14,17-23,42H2,1-4H3,(H,49,50)(H,45,46,51)/b27-24+,41-16?. The number of amides is 2. The van der Waals surface area contributed by atoms with Gasteiger partial charge in [0.25, 0.3) is 0 Å². The Morgan fingerprint density at radius 3 is 2.45 bits per heavy atom. The van der Waals surface area contributed by atoms with Crippen molar-refractivity contribution in [3.05, 3.63) is 71.6 Å². The maximum absolute atomic E-state index is 13.6. The van der Waals surface area contributed by atoms with Crippen LogP contribution in [0.25, 0.3) is 27.0 Å². The fourth-order valence-electron chi connectivity index (χ4n) is 11.0. The molecule has 13 heteroatoms. The third-order valence-electron chi connectivity index (χ3n) is 12.0. The van der Waals surface area contributed by atoms with E-state index < -0.39 is 5.97 Å². The first-order chi connectivity index (χ1) is 25.2. The van der Waals surface area contributed by atoms with E-state index in [2.05, 4.69) is 39.3 Å². The average molecular weight is 735 g/mol.